The number of hydrogen-bond acceptors (Lipinski definition) is 3. The molecular weight excluding hydrogens is 376 g/mol. The van der Waals surface area contributed by atoms with Crippen LogP contribution in [-0.4, -0.2) is 31.1 Å². The summed E-state index contributed by atoms with van der Waals surface area (Å²) < 4.78 is 5.54. The molecule has 0 spiro atoms. The number of anilines is 1. The average Bonchev–Trinajstić information content (AvgIpc) is 3.24. The standard InChI is InChI=1S/C25H30N2O3/c1-25(2,3)19-13-10-18(11-14-19)12-15-23(28)27-22-9-5-4-8-21(22)24(29)26-17-20-7-6-16-30-20/h4-5,8-15,20H,6-7,16-17H2,1-3H3,(H,26,29)(H,27,28)/b15-12+/t20-/m0/s1. The second-order valence-electron chi connectivity index (χ2n) is 8.59. The minimum absolute atomic E-state index is 0.0725. The molecule has 5 heteroatoms. The second-order valence-corrected chi connectivity index (χ2v) is 8.59. The van der Waals surface area contributed by atoms with Gasteiger partial charge in [-0.05, 0) is 47.6 Å². The van der Waals surface area contributed by atoms with Crippen LogP contribution >= 0.6 is 0 Å². The minimum Gasteiger partial charge on any atom is -0.376 e. The van der Waals surface area contributed by atoms with Crippen LogP contribution in [0.25, 0.3) is 6.08 Å². The molecule has 0 aliphatic carbocycles. The van der Waals surface area contributed by atoms with E-state index in [-0.39, 0.29) is 23.3 Å². The molecular formula is C25H30N2O3. The molecule has 2 aromatic rings. The zero-order valence-corrected chi connectivity index (χ0v) is 17.9. The van der Waals surface area contributed by atoms with E-state index in [4.69, 9.17) is 4.74 Å². The van der Waals surface area contributed by atoms with Crippen LogP contribution in [-0.2, 0) is 14.9 Å². The molecule has 0 bridgehead atoms. The summed E-state index contributed by atoms with van der Waals surface area (Å²) in [4.78, 5) is 25.0. The Morgan fingerprint density at radius 1 is 1.10 bits per heavy atom. The molecule has 0 radical (unpaired) electrons. The van der Waals surface area contributed by atoms with Crippen molar-refractivity contribution in [3.05, 3.63) is 71.3 Å². The molecule has 2 aromatic carbocycles. The fraction of sp³-hybridized carbons (Fsp3) is 0.360. The number of carbonyl (C=O) groups excluding carboxylic acids is 2. The molecule has 5 nitrogen and oxygen atoms in total. The minimum atomic E-state index is -0.283. The zero-order chi connectivity index (χ0) is 21.6. The van der Waals surface area contributed by atoms with Gasteiger partial charge in [-0.2, -0.15) is 0 Å². The first-order valence-electron chi connectivity index (χ1n) is 10.4. The molecule has 3 rings (SSSR count). The summed E-state index contributed by atoms with van der Waals surface area (Å²) in [6, 6.07) is 15.1. The van der Waals surface area contributed by atoms with Gasteiger partial charge in [0.1, 0.15) is 0 Å². The summed E-state index contributed by atoms with van der Waals surface area (Å²) in [5, 5.41) is 5.70. The number of para-hydroxylation sites is 1. The van der Waals surface area contributed by atoms with Crippen molar-refractivity contribution in [1.29, 1.82) is 0 Å². The maximum Gasteiger partial charge on any atom is 0.253 e. The lowest BCUT2D eigenvalue weighted by molar-refractivity contribution is -0.111. The smallest absolute Gasteiger partial charge is 0.253 e. The number of benzene rings is 2. The average molecular weight is 407 g/mol. The number of hydrogen-bond donors (Lipinski definition) is 2. The van der Waals surface area contributed by atoms with Gasteiger partial charge in [0.15, 0.2) is 0 Å². The first kappa shape index (κ1) is 21.8. The number of carbonyl (C=O) groups is 2. The van der Waals surface area contributed by atoms with E-state index in [0.717, 1.165) is 25.0 Å². The molecule has 1 fully saturated rings. The van der Waals surface area contributed by atoms with Crippen LogP contribution in [0.2, 0.25) is 0 Å². The van der Waals surface area contributed by atoms with Crippen LogP contribution in [0.3, 0.4) is 0 Å². The highest BCUT2D eigenvalue weighted by Crippen LogP contribution is 2.22. The number of ether oxygens (including phenoxy) is 1. The third-order valence-electron chi connectivity index (χ3n) is 5.15. The van der Waals surface area contributed by atoms with E-state index in [2.05, 4.69) is 43.5 Å². The van der Waals surface area contributed by atoms with Crippen molar-refractivity contribution in [3.63, 3.8) is 0 Å². The van der Waals surface area contributed by atoms with Gasteiger partial charge in [0.2, 0.25) is 5.91 Å². The predicted molar refractivity (Wildman–Crippen MR) is 121 cm³/mol. The van der Waals surface area contributed by atoms with E-state index >= 15 is 0 Å². The Hall–Kier alpha value is -2.92. The molecule has 1 atom stereocenters. The first-order chi connectivity index (χ1) is 14.3. The maximum absolute atomic E-state index is 12.6. The van der Waals surface area contributed by atoms with Crippen molar-refractivity contribution < 1.29 is 14.3 Å². The van der Waals surface area contributed by atoms with E-state index in [1.54, 1.807) is 30.3 Å². The summed E-state index contributed by atoms with van der Waals surface area (Å²) >= 11 is 0. The molecule has 2 N–H and O–H groups in total. The van der Waals surface area contributed by atoms with Crippen LogP contribution in [0, 0.1) is 0 Å². The van der Waals surface area contributed by atoms with Gasteiger partial charge in [0, 0.05) is 19.2 Å². The van der Waals surface area contributed by atoms with E-state index in [1.165, 1.54) is 11.6 Å². The van der Waals surface area contributed by atoms with E-state index in [1.807, 2.05) is 12.1 Å². The highest BCUT2D eigenvalue weighted by atomic mass is 16.5. The Kier molecular flexibility index (Phi) is 7.06. The van der Waals surface area contributed by atoms with Gasteiger partial charge in [-0.15, -0.1) is 0 Å². The summed E-state index contributed by atoms with van der Waals surface area (Å²) in [5.41, 5.74) is 3.20. The van der Waals surface area contributed by atoms with Crippen LogP contribution < -0.4 is 10.6 Å². The summed E-state index contributed by atoms with van der Waals surface area (Å²) in [6.07, 6.45) is 5.30. The highest BCUT2D eigenvalue weighted by molar-refractivity contribution is 6.07. The van der Waals surface area contributed by atoms with E-state index < -0.39 is 0 Å². The maximum atomic E-state index is 12.6. The Morgan fingerprint density at radius 2 is 1.83 bits per heavy atom. The number of amides is 2. The molecule has 1 saturated heterocycles. The lowest BCUT2D eigenvalue weighted by Crippen LogP contribution is -2.32. The SMILES string of the molecule is CC(C)(C)c1ccc(/C=C/C(=O)Nc2ccccc2C(=O)NC[C@@H]2CCCO2)cc1. The van der Waals surface area contributed by atoms with Crippen LogP contribution in [0.1, 0.15) is 55.1 Å². The lowest BCUT2D eigenvalue weighted by Gasteiger charge is -2.18. The first-order valence-corrected chi connectivity index (χ1v) is 10.4. The van der Waals surface area contributed by atoms with Gasteiger partial charge in [-0.25, -0.2) is 0 Å². The van der Waals surface area contributed by atoms with Crippen molar-refractivity contribution in [2.45, 2.75) is 45.1 Å². The monoisotopic (exact) mass is 406 g/mol. The van der Waals surface area contributed by atoms with Gasteiger partial charge < -0.3 is 15.4 Å². The largest absolute Gasteiger partial charge is 0.376 e. The Bertz CT molecular complexity index is 905. The van der Waals surface area contributed by atoms with E-state index in [9.17, 15) is 9.59 Å². The van der Waals surface area contributed by atoms with Crippen LogP contribution in [0.15, 0.2) is 54.6 Å². The van der Waals surface area contributed by atoms with Crippen molar-refractivity contribution in [2.24, 2.45) is 0 Å². The van der Waals surface area contributed by atoms with Gasteiger partial charge in [0.25, 0.3) is 5.91 Å². The fourth-order valence-corrected chi connectivity index (χ4v) is 3.34. The van der Waals surface area contributed by atoms with Gasteiger partial charge >= 0.3 is 0 Å². The van der Waals surface area contributed by atoms with Crippen molar-refractivity contribution in [1.82, 2.24) is 5.32 Å². The molecule has 0 saturated carbocycles. The van der Waals surface area contributed by atoms with Crippen molar-refractivity contribution >= 4 is 23.6 Å². The Labute approximate surface area is 178 Å². The highest BCUT2D eigenvalue weighted by Gasteiger charge is 2.18. The Balaban J connectivity index is 1.61. The molecule has 0 unspecified atom stereocenters. The zero-order valence-electron chi connectivity index (χ0n) is 17.9. The number of rotatable bonds is 6. The molecule has 1 heterocycles. The van der Waals surface area contributed by atoms with Crippen molar-refractivity contribution in [2.75, 3.05) is 18.5 Å². The van der Waals surface area contributed by atoms with Gasteiger partial charge in [-0.3, -0.25) is 9.59 Å². The third kappa shape index (κ3) is 6.04. The molecule has 2 amide bonds. The predicted octanol–water partition coefficient (Wildman–Crippen LogP) is 4.54. The molecule has 158 valence electrons. The van der Waals surface area contributed by atoms with Crippen LogP contribution in [0.4, 0.5) is 5.69 Å². The number of nitrogens with one attached hydrogen (secondary N) is 2. The fourth-order valence-electron chi connectivity index (χ4n) is 3.34. The summed E-state index contributed by atoms with van der Waals surface area (Å²) in [7, 11) is 0. The lowest BCUT2D eigenvalue weighted by atomic mass is 9.87. The summed E-state index contributed by atoms with van der Waals surface area (Å²) in [6.45, 7) is 7.73. The Morgan fingerprint density at radius 3 is 2.50 bits per heavy atom. The normalized spacial score (nSPS) is 16.6. The quantitative estimate of drug-likeness (QED) is 0.692. The van der Waals surface area contributed by atoms with Gasteiger partial charge in [-0.1, -0.05) is 57.2 Å². The van der Waals surface area contributed by atoms with Gasteiger partial charge in [0.05, 0.1) is 17.4 Å². The molecule has 1 aliphatic rings. The van der Waals surface area contributed by atoms with Crippen LogP contribution in [0.5, 0.6) is 0 Å². The second kappa shape index (κ2) is 9.72. The topological polar surface area (TPSA) is 67.4 Å². The molecule has 1 aliphatic heterocycles. The van der Waals surface area contributed by atoms with E-state index in [0.29, 0.717) is 17.8 Å². The molecule has 30 heavy (non-hydrogen) atoms. The molecule has 0 aromatic heterocycles. The summed E-state index contributed by atoms with van der Waals surface area (Å²) in [5.74, 6) is -0.502. The third-order valence-corrected chi connectivity index (χ3v) is 5.15. The van der Waals surface area contributed by atoms with Crippen molar-refractivity contribution in [3.8, 4) is 0 Å².